The Morgan fingerprint density at radius 3 is 2.59 bits per heavy atom. The van der Waals surface area contributed by atoms with Gasteiger partial charge in [-0.3, -0.25) is 4.79 Å². The normalized spacial score (nSPS) is 10.8. The van der Waals surface area contributed by atoms with Gasteiger partial charge in [0, 0.05) is 23.6 Å². The summed E-state index contributed by atoms with van der Waals surface area (Å²) in [6, 6.07) is 13.0. The fraction of sp³-hybridized carbons (Fsp3) is 0.130. The van der Waals surface area contributed by atoms with E-state index in [-0.39, 0.29) is 23.0 Å². The third-order valence-electron chi connectivity index (χ3n) is 4.87. The van der Waals surface area contributed by atoms with Crippen LogP contribution in [0.4, 0.5) is 9.39 Å². The first kappa shape index (κ1) is 23.9. The number of amides is 1. The lowest BCUT2D eigenvalue weighted by atomic mass is 10.0. The van der Waals surface area contributed by atoms with E-state index in [1.54, 1.807) is 35.2 Å². The Morgan fingerprint density at radius 1 is 1.15 bits per heavy atom. The number of carbonyl (C=O) groups excluding carboxylic acids is 2. The van der Waals surface area contributed by atoms with Crippen molar-refractivity contribution >= 4 is 51.6 Å². The number of hydrogen-bond donors (Lipinski definition) is 1. The van der Waals surface area contributed by atoms with Crippen LogP contribution in [0, 0.1) is 5.82 Å². The summed E-state index contributed by atoms with van der Waals surface area (Å²) >= 11 is 8.65. The smallest absolute Gasteiger partial charge is 0.341 e. The number of nitrogens with zero attached hydrogens (tertiary/aromatic N) is 3. The van der Waals surface area contributed by atoms with Gasteiger partial charge in [-0.2, -0.15) is 0 Å². The highest BCUT2D eigenvalue weighted by Gasteiger charge is 2.23. The van der Waals surface area contributed by atoms with Gasteiger partial charge in [0.15, 0.2) is 11.0 Å². The van der Waals surface area contributed by atoms with Crippen LogP contribution in [0.3, 0.4) is 0 Å². The van der Waals surface area contributed by atoms with Crippen molar-refractivity contribution in [2.24, 2.45) is 7.05 Å². The number of carbonyl (C=O) groups is 2. The number of benzene rings is 2. The maximum atomic E-state index is 13.3. The summed E-state index contributed by atoms with van der Waals surface area (Å²) in [5, 5.41) is 14.3. The van der Waals surface area contributed by atoms with Crippen LogP contribution in [-0.2, 0) is 16.6 Å². The zero-order valence-electron chi connectivity index (χ0n) is 18.0. The zero-order chi connectivity index (χ0) is 24.2. The average Bonchev–Trinajstić information content (AvgIpc) is 3.41. The second kappa shape index (κ2) is 10.4. The molecular formula is C23H18ClFN4O3S2. The molecule has 0 aliphatic heterocycles. The van der Waals surface area contributed by atoms with Crippen LogP contribution in [0.25, 0.3) is 22.5 Å². The molecule has 2 aromatic heterocycles. The molecule has 0 radical (unpaired) electrons. The van der Waals surface area contributed by atoms with E-state index in [2.05, 4.69) is 15.5 Å². The molecule has 7 nitrogen and oxygen atoms in total. The number of ether oxygens (including phenoxy) is 1. The quantitative estimate of drug-likeness (QED) is 0.257. The molecule has 0 unspecified atom stereocenters. The van der Waals surface area contributed by atoms with Gasteiger partial charge in [0.2, 0.25) is 5.91 Å². The molecule has 0 aliphatic rings. The average molecular weight is 517 g/mol. The number of methoxy groups -OCH3 is 1. The maximum Gasteiger partial charge on any atom is 0.341 e. The number of nitrogens with one attached hydrogen (secondary N) is 1. The van der Waals surface area contributed by atoms with Gasteiger partial charge in [0.25, 0.3) is 0 Å². The molecule has 11 heteroatoms. The number of hydrogen-bond acceptors (Lipinski definition) is 7. The van der Waals surface area contributed by atoms with Crippen molar-refractivity contribution in [2.75, 3.05) is 18.2 Å². The largest absolute Gasteiger partial charge is 0.465 e. The lowest BCUT2D eigenvalue weighted by Crippen LogP contribution is -2.16. The minimum atomic E-state index is -0.596. The van der Waals surface area contributed by atoms with E-state index in [1.165, 1.54) is 42.3 Å². The van der Waals surface area contributed by atoms with Crippen molar-refractivity contribution in [2.45, 2.75) is 5.16 Å². The Bertz CT molecular complexity index is 1350. The van der Waals surface area contributed by atoms with Gasteiger partial charge in [-0.25, -0.2) is 9.18 Å². The van der Waals surface area contributed by atoms with Crippen molar-refractivity contribution in [1.29, 1.82) is 0 Å². The number of esters is 1. The number of rotatable bonds is 7. The van der Waals surface area contributed by atoms with Gasteiger partial charge in [0.1, 0.15) is 16.4 Å². The molecule has 1 amide bonds. The van der Waals surface area contributed by atoms with Gasteiger partial charge >= 0.3 is 5.97 Å². The van der Waals surface area contributed by atoms with Crippen molar-refractivity contribution in [3.05, 3.63) is 70.3 Å². The minimum Gasteiger partial charge on any atom is -0.465 e. The molecule has 0 fully saturated rings. The Hall–Kier alpha value is -3.21. The predicted molar refractivity (Wildman–Crippen MR) is 132 cm³/mol. The third-order valence-corrected chi connectivity index (χ3v) is 7.12. The van der Waals surface area contributed by atoms with Crippen molar-refractivity contribution in [3.63, 3.8) is 0 Å². The van der Waals surface area contributed by atoms with E-state index in [1.807, 2.05) is 18.2 Å². The molecule has 0 bridgehead atoms. The summed E-state index contributed by atoms with van der Waals surface area (Å²) in [5.41, 5.74) is 2.15. The monoisotopic (exact) mass is 516 g/mol. The number of anilines is 1. The van der Waals surface area contributed by atoms with E-state index in [0.29, 0.717) is 32.1 Å². The van der Waals surface area contributed by atoms with Gasteiger partial charge in [-0.1, -0.05) is 47.6 Å². The molecule has 1 N–H and O–H groups in total. The summed E-state index contributed by atoms with van der Waals surface area (Å²) in [5.74, 6) is -0.681. The first-order valence-corrected chi connectivity index (χ1v) is 12.2. The van der Waals surface area contributed by atoms with Crippen LogP contribution in [0.1, 0.15) is 10.4 Å². The van der Waals surface area contributed by atoms with Crippen LogP contribution in [-0.4, -0.2) is 39.5 Å². The molecule has 4 aromatic rings. The highest BCUT2D eigenvalue weighted by molar-refractivity contribution is 7.99. The lowest BCUT2D eigenvalue weighted by Gasteiger charge is -2.08. The Kier molecular flexibility index (Phi) is 7.30. The molecule has 0 saturated carbocycles. The Morgan fingerprint density at radius 2 is 1.88 bits per heavy atom. The lowest BCUT2D eigenvalue weighted by molar-refractivity contribution is -0.113. The molecule has 174 valence electrons. The fourth-order valence-corrected chi connectivity index (χ4v) is 5.11. The van der Waals surface area contributed by atoms with Crippen LogP contribution >= 0.6 is 34.7 Å². The van der Waals surface area contributed by atoms with Crippen LogP contribution in [0.15, 0.2) is 59.1 Å². The van der Waals surface area contributed by atoms with Crippen LogP contribution in [0.2, 0.25) is 5.02 Å². The summed E-state index contributed by atoms with van der Waals surface area (Å²) in [7, 11) is 3.06. The van der Waals surface area contributed by atoms with E-state index < -0.39 is 5.97 Å². The number of thiophene rings is 1. The summed E-state index contributed by atoms with van der Waals surface area (Å²) in [6.07, 6.45) is 0. The molecule has 2 aromatic carbocycles. The third kappa shape index (κ3) is 4.98. The predicted octanol–water partition coefficient (Wildman–Crippen LogP) is 5.52. The molecule has 2 heterocycles. The molecule has 0 spiro atoms. The molecule has 0 saturated heterocycles. The maximum absolute atomic E-state index is 13.3. The van der Waals surface area contributed by atoms with Crippen LogP contribution < -0.4 is 5.32 Å². The molecule has 0 atom stereocenters. The fourth-order valence-electron chi connectivity index (χ4n) is 3.21. The second-order valence-corrected chi connectivity index (χ2v) is 9.26. The first-order chi connectivity index (χ1) is 16.4. The topological polar surface area (TPSA) is 86.1 Å². The number of thioether (sulfide) groups is 1. The first-order valence-electron chi connectivity index (χ1n) is 9.91. The minimum absolute atomic E-state index is 0.0406. The molecular weight excluding hydrogens is 499 g/mol. The van der Waals surface area contributed by atoms with Crippen LogP contribution in [0.5, 0.6) is 0 Å². The van der Waals surface area contributed by atoms with Crippen molar-refractivity contribution < 1.29 is 18.7 Å². The molecule has 4 rings (SSSR count). The van der Waals surface area contributed by atoms with E-state index in [9.17, 15) is 14.0 Å². The summed E-state index contributed by atoms with van der Waals surface area (Å²) in [4.78, 5) is 25.1. The van der Waals surface area contributed by atoms with Gasteiger partial charge in [-0.05, 0) is 29.8 Å². The Balaban J connectivity index is 1.49. The SMILES string of the molecule is COC(=O)c1c(-c2ccc(F)cc2)csc1NC(=O)CSc1nnc(-c2ccccc2Cl)n1C. The zero-order valence-corrected chi connectivity index (χ0v) is 20.4. The standard InChI is InChI=1S/C23H18ClFN4O3S2/c1-29-20(15-5-3-4-6-17(15)24)27-28-23(29)34-12-18(30)26-21-19(22(31)32-2)16(11-33-21)13-7-9-14(25)10-8-13/h3-11H,12H2,1-2H3,(H,26,30). The highest BCUT2D eigenvalue weighted by Crippen LogP contribution is 2.36. The summed E-state index contributed by atoms with van der Waals surface area (Å²) < 4.78 is 20.0. The number of aromatic nitrogens is 3. The van der Waals surface area contributed by atoms with Gasteiger partial charge < -0.3 is 14.6 Å². The van der Waals surface area contributed by atoms with E-state index >= 15 is 0 Å². The summed E-state index contributed by atoms with van der Waals surface area (Å²) in [6.45, 7) is 0. The highest BCUT2D eigenvalue weighted by atomic mass is 35.5. The molecule has 34 heavy (non-hydrogen) atoms. The second-order valence-electron chi connectivity index (χ2n) is 7.03. The Labute approximate surface area is 207 Å². The van der Waals surface area contributed by atoms with Gasteiger partial charge in [0.05, 0.1) is 17.9 Å². The van der Waals surface area contributed by atoms with Crippen molar-refractivity contribution in [3.8, 4) is 22.5 Å². The number of halogens is 2. The van der Waals surface area contributed by atoms with E-state index in [0.717, 1.165) is 5.56 Å². The molecule has 0 aliphatic carbocycles. The van der Waals surface area contributed by atoms with E-state index in [4.69, 9.17) is 16.3 Å². The van der Waals surface area contributed by atoms with Crippen molar-refractivity contribution in [1.82, 2.24) is 14.8 Å². The van der Waals surface area contributed by atoms with Gasteiger partial charge in [-0.15, -0.1) is 21.5 Å².